The number of nitrogens with zero attached hydrogens (tertiary/aromatic N) is 1. The minimum atomic E-state index is -0.762. The third-order valence-electron chi connectivity index (χ3n) is 5.09. The zero-order chi connectivity index (χ0) is 21.1. The molecule has 0 saturated heterocycles. The molecule has 2 unspecified atom stereocenters. The number of amides is 2. The van der Waals surface area contributed by atoms with Crippen molar-refractivity contribution in [3.8, 4) is 0 Å². The number of benzene rings is 2. The number of fused-ring (bicyclic) bond motifs is 1. The maximum atomic E-state index is 12.9. The molecule has 2 N–H and O–H groups in total. The molecule has 7 nitrogen and oxygen atoms in total. The van der Waals surface area contributed by atoms with Gasteiger partial charge in [-0.15, -0.1) is 0 Å². The molecule has 0 aliphatic heterocycles. The van der Waals surface area contributed by atoms with Crippen molar-refractivity contribution in [3.05, 3.63) is 74.3 Å². The highest BCUT2D eigenvalue weighted by molar-refractivity contribution is 6.34. The average Bonchev–Trinajstić information content (AvgIpc) is 3.08. The van der Waals surface area contributed by atoms with E-state index in [2.05, 4.69) is 16.7 Å². The van der Waals surface area contributed by atoms with Crippen LogP contribution in [0.3, 0.4) is 0 Å². The number of carbonyl (C=O) groups is 2. The van der Waals surface area contributed by atoms with Crippen molar-refractivity contribution in [3.63, 3.8) is 0 Å². The van der Waals surface area contributed by atoms with E-state index in [1.54, 1.807) is 0 Å². The zero-order valence-corrected chi connectivity index (χ0v) is 16.9. The maximum absolute atomic E-state index is 12.9. The second-order valence-electron chi connectivity index (χ2n) is 7.42. The number of non-ortho nitro benzene ring substituents is 1. The summed E-state index contributed by atoms with van der Waals surface area (Å²) in [6.07, 6.45) is 1.72. The molecule has 0 heterocycles. The van der Waals surface area contributed by atoms with Crippen molar-refractivity contribution in [1.29, 1.82) is 0 Å². The summed E-state index contributed by atoms with van der Waals surface area (Å²) in [5.74, 6) is -0.980. The Morgan fingerprint density at radius 2 is 1.93 bits per heavy atom. The Morgan fingerprint density at radius 1 is 1.21 bits per heavy atom. The molecule has 0 saturated carbocycles. The molecule has 0 radical (unpaired) electrons. The topological polar surface area (TPSA) is 101 Å². The Kier molecular flexibility index (Phi) is 6.17. The fourth-order valence-electron chi connectivity index (χ4n) is 3.52. The molecule has 152 valence electrons. The van der Waals surface area contributed by atoms with Gasteiger partial charge in [-0.3, -0.25) is 19.7 Å². The van der Waals surface area contributed by atoms with Crippen LogP contribution < -0.4 is 10.6 Å². The Bertz CT molecular complexity index is 961. The fourth-order valence-corrected chi connectivity index (χ4v) is 3.78. The quantitative estimate of drug-likeness (QED) is 0.553. The van der Waals surface area contributed by atoms with E-state index in [0.29, 0.717) is 0 Å². The van der Waals surface area contributed by atoms with Gasteiger partial charge in [0.2, 0.25) is 5.91 Å². The van der Waals surface area contributed by atoms with Crippen molar-refractivity contribution in [2.24, 2.45) is 5.92 Å². The lowest BCUT2D eigenvalue weighted by Gasteiger charge is -2.24. The third-order valence-corrected chi connectivity index (χ3v) is 5.41. The van der Waals surface area contributed by atoms with Gasteiger partial charge in [0.15, 0.2) is 0 Å². The molecule has 2 amide bonds. The van der Waals surface area contributed by atoms with Crippen molar-refractivity contribution in [2.45, 2.75) is 38.8 Å². The van der Waals surface area contributed by atoms with Crippen LogP contribution in [-0.2, 0) is 11.2 Å². The number of nitro groups is 1. The van der Waals surface area contributed by atoms with E-state index < -0.39 is 16.9 Å². The van der Waals surface area contributed by atoms with Crippen LogP contribution in [0.4, 0.5) is 5.69 Å². The second kappa shape index (κ2) is 8.61. The van der Waals surface area contributed by atoms with Gasteiger partial charge < -0.3 is 10.6 Å². The van der Waals surface area contributed by atoms with E-state index in [1.807, 2.05) is 32.0 Å². The van der Waals surface area contributed by atoms with Crippen molar-refractivity contribution >= 4 is 29.1 Å². The van der Waals surface area contributed by atoms with Crippen LogP contribution in [-0.4, -0.2) is 22.8 Å². The highest BCUT2D eigenvalue weighted by atomic mass is 35.5. The minimum absolute atomic E-state index is 0.0377. The lowest BCUT2D eigenvalue weighted by atomic mass is 10.0. The molecule has 0 bridgehead atoms. The highest BCUT2D eigenvalue weighted by Crippen LogP contribution is 2.31. The summed E-state index contributed by atoms with van der Waals surface area (Å²) in [6, 6.07) is 10.8. The Hall–Kier alpha value is -2.93. The number of rotatable bonds is 6. The van der Waals surface area contributed by atoms with Crippen LogP contribution in [0.2, 0.25) is 5.02 Å². The lowest BCUT2D eigenvalue weighted by Crippen LogP contribution is -2.50. The molecule has 2 aromatic rings. The summed E-state index contributed by atoms with van der Waals surface area (Å²) in [7, 11) is 0. The Balaban J connectivity index is 1.72. The molecular formula is C21H22ClN3O4. The van der Waals surface area contributed by atoms with Crippen LogP contribution in [0.5, 0.6) is 0 Å². The molecule has 29 heavy (non-hydrogen) atoms. The van der Waals surface area contributed by atoms with E-state index >= 15 is 0 Å². The number of nitro benzene ring substituents is 1. The molecule has 2 aromatic carbocycles. The first-order chi connectivity index (χ1) is 13.8. The van der Waals surface area contributed by atoms with E-state index in [0.717, 1.165) is 24.5 Å². The predicted octanol–water partition coefficient (Wildman–Crippen LogP) is 3.81. The molecule has 1 aliphatic rings. The number of halogens is 1. The molecular weight excluding hydrogens is 394 g/mol. The smallest absolute Gasteiger partial charge is 0.270 e. The van der Waals surface area contributed by atoms with E-state index in [-0.39, 0.29) is 34.1 Å². The van der Waals surface area contributed by atoms with Gasteiger partial charge in [-0.25, -0.2) is 0 Å². The summed E-state index contributed by atoms with van der Waals surface area (Å²) in [5, 5.41) is 16.5. The summed E-state index contributed by atoms with van der Waals surface area (Å²) in [6.45, 7) is 3.68. The van der Waals surface area contributed by atoms with Gasteiger partial charge in [-0.1, -0.05) is 49.7 Å². The van der Waals surface area contributed by atoms with E-state index in [9.17, 15) is 19.7 Å². The molecule has 0 aromatic heterocycles. The SMILES string of the molecule is CC(C)C(NC(=O)c1ccc([N+](=O)[O-])cc1Cl)C(=O)NC1CCc2ccccc21. The lowest BCUT2D eigenvalue weighted by molar-refractivity contribution is -0.384. The molecule has 0 fully saturated rings. The number of hydrogen-bond donors (Lipinski definition) is 2. The number of carbonyl (C=O) groups excluding carboxylic acids is 2. The monoisotopic (exact) mass is 415 g/mol. The predicted molar refractivity (Wildman–Crippen MR) is 110 cm³/mol. The largest absolute Gasteiger partial charge is 0.347 e. The standard InChI is InChI=1S/C21H22ClN3O4/c1-12(2)19(21(27)23-18-10-7-13-5-3-4-6-15(13)18)24-20(26)16-9-8-14(25(28)29)11-17(16)22/h3-6,8-9,11-12,18-19H,7,10H2,1-2H3,(H,23,27)(H,24,26). The molecule has 8 heteroatoms. The minimum Gasteiger partial charge on any atom is -0.347 e. The van der Waals surface area contributed by atoms with Crippen molar-refractivity contribution < 1.29 is 14.5 Å². The van der Waals surface area contributed by atoms with Gasteiger partial charge >= 0.3 is 0 Å². The van der Waals surface area contributed by atoms with Gasteiger partial charge in [-0.2, -0.15) is 0 Å². The summed E-state index contributed by atoms with van der Waals surface area (Å²) in [5.41, 5.74) is 2.21. The number of hydrogen-bond acceptors (Lipinski definition) is 4. The Labute approximate surface area is 173 Å². The van der Waals surface area contributed by atoms with Crippen LogP contribution >= 0.6 is 11.6 Å². The summed E-state index contributed by atoms with van der Waals surface area (Å²) >= 11 is 6.04. The van der Waals surface area contributed by atoms with Crippen LogP contribution in [0.1, 0.15) is 47.8 Å². The number of aryl methyl sites for hydroxylation is 1. The molecule has 2 atom stereocenters. The molecule has 0 spiro atoms. The van der Waals surface area contributed by atoms with E-state index in [1.165, 1.54) is 17.7 Å². The summed E-state index contributed by atoms with van der Waals surface area (Å²) in [4.78, 5) is 35.8. The van der Waals surface area contributed by atoms with Crippen LogP contribution in [0, 0.1) is 16.0 Å². The van der Waals surface area contributed by atoms with Crippen molar-refractivity contribution in [2.75, 3.05) is 0 Å². The third kappa shape index (κ3) is 4.56. The first-order valence-electron chi connectivity index (χ1n) is 9.41. The first kappa shape index (κ1) is 20.8. The summed E-state index contributed by atoms with van der Waals surface area (Å²) < 4.78 is 0. The maximum Gasteiger partial charge on any atom is 0.270 e. The molecule has 3 rings (SSSR count). The fraction of sp³-hybridized carbons (Fsp3) is 0.333. The van der Waals surface area contributed by atoms with Gasteiger partial charge in [0.25, 0.3) is 11.6 Å². The molecule has 1 aliphatic carbocycles. The average molecular weight is 416 g/mol. The van der Waals surface area contributed by atoms with Gasteiger partial charge in [0.1, 0.15) is 6.04 Å². The van der Waals surface area contributed by atoms with Crippen molar-refractivity contribution in [1.82, 2.24) is 10.6 Å². The van der Waals surface area contributed by atoms with E-state index in [4.69, 9.17) is 11.6 Å². The first-order valence-corrected chi connectivity index (χ1v) is 9.78. The van der Waals surface area contributed by atoms with Crippen LogP contribution in [0.25, 0.3) is 0 Å². The second-order valence-corrected chi connectivity index (χ2v) is 7.82. The normalized spacial score (nSPS) is 16.2. The van der Waals surface area contributed by atoms with Gasteiger partial charge in [-0.05, 0) is 36.0 Å². The van der Waals surface area contributed by atoms with Gasteiger partial charge in [0.05, 0.1) is 21.6 Å². The number of nitrogens with one attached hydrogen (secondary N) is 2. The van der Waals surface area contributed by atoms with Gasteiger partial charge in [0, 0.05) is 12.1 Å². The zero-order valence-electron chi connectivity index (χ0n) is 16.1. The van der Waals surface area contributed by atoms with Crippen LogP contribution in [0.15, 0.2) is 42.5 Å². The Morgan fingerprint density at radius 3 is 2.59 bits per heavy atom. The highest BCUT2D eigenvalue weighted by Gasteiger charge is 2.30.